The number of hydrogen-bond acceptors (Lipinski definition) is 3. The summed E-state index contributed by atoms with van der Waals surface area (Å²) < 4.78 is 0. The van der Waals surface area contributed by atoms with Crippen LogP contribution < -0.4 is 10.6 Å². The topological polar surface area (TPSA) is 61.4 Å². The highest BCUT2D eigenvalue weighted by Crippen LogP contribution is 2.18. The quantitative estimate of drug-likeness (QED) is 0.539. The van der Waals surface area contributed by atoms with Crippen LogP contribution in [0.2, 0.25) is 0 Å². The lowest BCUT2D eigenvalue weighted by molar-refractivity contribution is -0.133. The summed E-state index contributed by atoms with van der Waals surface area (Å²) in [6.45, 7) is 0.946. The minimum absolute atomic E-state index is 0.0323. The fraction of sp³-hybridized carbons (Fsp3) is 0.444. The Balaban J connectivity index is 2.18. The molecule has 0 amide bonds. The molecule has 1 fully saturated rings. The van der Waals surface area contributed by atoms with E-state index in [1.54, 1.807) is 6.08 Å². The molecule has 4 nitrogen and oxygen atoms in total. The third kappa shape index (κ3) is 1.58. The number of carbonyl (C=O) groups is 1. The first-order chi connectivity index (χ1) is 6.27. The Bertz CT molecular complexity index is 294. The normalized spacial score (nSPS) is 26.6. The third-order valence-electron chi connectivity index (χ3n) is 2.36. The molecule has 70 valence electrons. The summed E-state index contributed by atoms with van der Waals surface area (Å²) in [5, 5.41) is 14.9. The largest absolute Gasteiger partial charge is 0.477 e. The van der Waals surface area contributed by atoms with Crippen molar-refractivity contribution in [3.8, 4) is 0 Å². The highest BCUT2D eigenvalue weighted by atomic mass is 16.4. The number of rotatable bonds is 1. The van der Waals surface area contributed by atoms with Crippen LogP contribution in [0.15, 0.2) is 23.4 Å². The number of nitrogens with one attached hydrogen (secondary N) is 2. The lowest BCUT2D eigenvalue weighted by Gasteiger charge is -2.30. The van der Waals surface area contributed by atoms with Crippen molar-refractivity contribution in [3.63, 3.8) is 0 Å². The Hall–Kier alpha value is -1.29. The number of carboxylic acids is 1. The summed E-state index contributed by atoms with van der Waals surface area (Å²) in [5.74, 6) is -0.900. The number of hydrogen-bond donors (Lipinski definition) is 3. The van der Waals surface area contributed by atoms with Crippen molar-refractivity contribution < 1.29 is 9.90 Å². The number of dihydropyridines is 1. The first kappa shape index (κ1) is 8.31. The van der Waals surface area contributed by atoms with Crippen molar-refractivity contribution in [2.45, 2.75) is 19.0 Å². The van der Waals surface area contributed by atoms with Crippen molar-refractivity contribution >= 4 is 5.97 Å². The van der Waals surface area contributed by atoms with Crippen molar-refractivity contribution in [2.24, 2.45) is 0 Å². The maximum absolute atomic E-state index is 10.6. The van der Waals surface area contributed by atoms with E-state index in [4.69, 9.17) is 5.11 Å². The van der Waals surface area contributed by atoms with Gasteiger partial charge in [0.15, 0.2) is 0 Å². The van der Waals surface area contributed by atoms with Gasteiger partial charge in [0.1, 0.15) is 5.70 Å². The smallest absolute Gasteiger partial charge is 0.352 e. The van der Waals surface area contributed by atoms with E-state index in [0.29, 0.717) is 0 Å². The Morgan fingerprint density at radius 2 is 2.38 bits per heavy atom. The molecular formula is C9H12N2O2. The molecule has 2 aliphatic rings. The van der Waals surface area contributed by atoms with Gasteiger partial charge in [0.05, 0.1) is 6.17 Å². The van der Waals surface area contributed by atoms with Crippen LogP contribution in [0, 0.1) is 0 Å². The Morgan fingerprint density at radius 3 is 3.15 bits per heavy atom. The zero-order valence-electron chi connectivity index (χ0n) is 7.21. The fourth-order valence-electron chi connectivity index (χ4n) is 1.66. The van der Waals surface area contributed by atoms with Crippen molar-refractivity contribution in [3.05, 3.63) is 23.4 Å². The summed E-state index contributed by atoms with van der Waals surface area (Å²) >= 11 is 0. The van der Waals surface area contributed by atoms with Gasteiger partial charge in [-0.05, 0) is 31.0 Å². The number of carboxylic acid groups (broad SMARTS) is 1. The number of piperidine rings is 1. The third-order valence-corrected chi connectivity index (χ3v) is 2.36. The molecule has 1 unspecified atom stereocenters. The molecule has 4 heteroatoms. The summed E-state index contributed by atoms with van der Waals surface area (Å²) in [6.07, 6.45) is 5.73. The Morgan fingerprint density at radius 1 is 1.54 bits per heavy atom. The van der Waals surface area contributed by atoms with Gasteiger partial charge >= 0.3 is 5.97 Å². The molecule has 3 N–H and O–H groups in total. The van der Waals surface area contributed by atoms with Gasteiger partial charge in [0.2, 0.25) is 0 Å². The molecular weight excluding hydrogens is 168 g/mol. The lowest BCUT2D eigenvalue weighted by Crippen LogP contribution is -2.48. The molecule has 0 aromatic heterocycles. The molecule has 13 heavy (non-hydrogen) atoms. The summed E-state index contributed by atoms with van der Waals surface area (Å²) in [6, 6.07) is 0. The SMILES string of the molecule is O=C(O)C1=CC=C2CCCNC2N1. The van der Waals surface area contributed by atoms with Gasteiger partial charge in [0, 0.05) is 0 Å². The summed E-state index contributed by atoms with van der Waals surface area (Å²) in [7, 11) is 0. The minimum atomic E-state index is -0.900. The predicted octanol–water partition coefficient (Wildman–Crippen LogP) is 0.194. The van der Waals surface area contributed by atoms with Gasteiger partial charge in [-0.1, -0.05) is 6.08 Å². The highest BCUT2D eigenvalue weighted by molar-refractivity contribution is 5.86. The van der Waals surface area contributed by atoms with Gasteiger partial charge in [-0.3, -0.25) is 5.32 Å². The van der Waals surface area contributed by atoms with Crippen LogP contribution in [-0.4, -0.2) is 23.8 Å². The van der Waals surface area contributed by atoms with Crippen LogP contribution >= 0.6 is 0 Å². The van der Waals surface area contributed by atoms with Gasteiger partial charge in [-0.15, -0.1) is 0 Å². The van der Waals surface area contributed by atoms with E-state index in [1.165, 1.54) is 5.57 Å². The molecule has 0 radical (unpaired) electrons. The Labute approximate surface area is 76.3 Å². The molecule has 0 bridgehead atoms. The zero-order valence-corrected chi connectivity index (χ0v) is 7.21. The zero-order chi connectivity index (χ0) is 9.26. The molecule has 2 rings (SSSR count). The maximum Gasteiger partial charge on any atom is 0.352 e. The van der Waals surface area contributed by atoms with Gasteiger partial charge in [-0.2, -0.15) is 0 Å². The van der Waals surface area contributed by atoms with Crippen LogP contribution in [0.4, 0.5) is 0 Å². The average Bonchev–Trinajstić information content (AvgIpc) is 2.17. The van der Waals surface area contributed by atoms with Gasteiger partial charge in [0.25, 0.3) is 0 Å². The van der Waals surface area contributed by atoms with Crippen LogP contribution in [0.5, 0.6) is 0 Å². The van der Waals surface area contributed by atoms with Crippen LogP contribution in [0.25, 0.3) is 0 Å². The molecule has 0 aromatic rings. The standard InChI is InChI=1S/C9H12N2O2/c12-9(13)7-4-3-6-2-1-5-10-8(6)11-7/h3-4,8,10-11H,1-2,5H2,(H,12,13). The second-order valence-electron chi connectivity index (χ2n) is 3.26. The number of allylic oxidation sites excluding steroid dienone is 2. The molecule has 2 aliphatic heterocycles. The van der Waals surface area contributed by atoms with Crippen molar-refractivity contribution in [1.29, 1.82) is 0 Å². The molecule has 0 spiro atoms. The summed E-state index contributed by atoms with van der Waals surface area (Å²) in [4.78, 5) is 10.6. The molecule has 0 aliphatic carbocycles. The van der Waals surface area contributed by atoms with E-state index < -0.39 is 5.97 Å². The maximum atomic E-state index is 10.6. The first-order valence-corrected chi connectivity index (χ1v) is 4.41. The molecule has 1 atom stereocenters. The predicted molar refractivity (Wildman–Crippen MR) is 48.0 cm³/mol. The van der Waals surface area contributed by atoms with E-state index in [9.17, 15) is 4.79 Å². The molecule has 0 aromatic carbocycles. The Kier molecular flexibility index (Phi) is 2.06. The highest BCUT2D eigenvalue weighted by Gasteiger charge is 2.23. The van der Waals surface area contributed by atoms with E-state index >= 15 is 0 Å². The molecule has 1 saturated heterocycles. The van der Waals surface area contributed by atoms with E-state index in [0.717, 1.165) is 19.4 Å². The fourth-order valence-corrected chi connectivity index (χ4v) is 1.66. The molecule has 2 heterocycles. The number of fused-ring (bicyclic) bond motifs is 1. The van der Waals surface area contributed by atoms with Crippen molar-refractivity contribution in [1.82, 2.24) is 10.6 Å². The second kappa shape index (κ2) is 3.22. The summed E-state index contributed by atoms with van der Waals surface area (Å²) in [5.41, 5.74) is 1.51. The molecule has 0 saturated carbocycles. The first-order valence-electron chi connectivity index (χ1n) is 4.41. The van der Waals surface area contributed by atoms with Crippen LogP contribution in [0.1, 0.15) is 12.8 Å². The average molecular weight is 180 g/mol. The van der Waals surface area contributed by atoms with E-state index in [1.807, 2.05) is 6.08 Å². The van der Waals surface area contributed by atoms with Crippen LogP contribution in [-0.2, 0) is 4.79 Å². The minimum Gasteiger partial charge on any atom is -0.477 e. The van der Waals surface area contributed by atoms with E-state index in [-0.39, 0.29) is 11.9 Å². The van der Waals surface area contributed by atoms with Gasteiger partial charge < -0.3 is 10.4 Å². The van der Waals surface area contributed by atoms with Crippen molar-refractivity contribution in [2.75, 3.05) is 6.54 Å². The van der Waals surface area contributed by atoms with Crippen LogP contribution in [0.3, 0.4) is 0 Å². The van der Waals surface area contributed by atoms with E-state index in [2.05, 4.69) is 10.6 Å². The lowest BCUT2D eigenvalue weighted by atomic mass is 10.00. The van der Waals surface area contributed by atoms with Gasteiger partial charge in [-0.25, -0.2) is 4.79 Å². The monoisotopic (exact) mass is 180 g/mol. The number of aliphatic carboxylic acids is 1. The second-order valence-corrected chi connectivity index (χ2v) is 3.26.